The Labute approximate surface area is 110 Å². The molecule has 1 aliphatic rings. The summed E-state index contributed by atoms with van der Waals surface area (Å²) in [5, 5.41) is 4.28. The lowest BCUT2D eigenvalue weighted by atomic mass is 9.69. The fourth-order valence-corrected chi connectivity index (χ4v) is 3.16. The molecular formula is C15H22ClN. The number of nitrogens with one attached hydrogen (secondary N) is 1. The first-order valence-electron chi connectivity index (χ1n) is 6.63. The average Bonchev–Trinajstić information content (AvgIpc) is 2.24. The first kappa shape index (κ1) is 12.9. The van der Waals surface area contributed by atoms with Crippen LogP contribution in [0.15, 0.2) is 24.3 Å². The van der Waals surface area contributed by atoms with Gasteiger partial charge in [0.25, 0.3) is 0 Å². The molecule has 1 aromatic rings. The van der Waals surface area contributed by atoms with Crippen molar-refractivity contribution < 1.29 is 0 Å². The Morgan fingerprint density at radius 1 is 1.41 bits per heavy atom. The van der Waals surface area contributed by atoms with Crippen molar-refractivity contribution in [3.05, 3.63) is 34.9 Å². The van der Waals surface area contributed by atoms with Crippen molar-refractivity contribution in [2.24, 2.45) is 5.92 Å². The molecule has 0 radical (unpaired) electrons. The van der Waals surface area contributed by atoms with Gasteiger partial charge in [-0.2, -0.15) is 0 Å². The van der Waals surface area contributed by atoms with Gasteiger partial charge in [-0.25, -0.2) is 0 Å². The monoisotopic (exact) mass is 251 g/mol. The quantitative estimate of drug-likeness (QED) is 0.834. The lowest BCUT2D eigenvalue weighted by molar-refractivity contribution is 0.218. The Bertz CT molecular complexity index is 371. The maximum atomic E-state index is 6.11. The Kier molecular flexibility index (Phi) is 4.11. The number of hydrogen-bond acceptors (Lipinski definition) is 1. The fraction of sp³-hybridized carbons (Fsp3) is 0.600. The van der Waals surface area contributed by atoms with Crippen molar-refractivity contribution in [1.29, 1.82) is 0 Å². The Balaban J connectivity index is 2.14. The van der Waals surface area contributed by atoms with Gasteiger partial charge in [-0.1, -0.05) is 50.4 Å². The van der Waals surface area contributed by atoms with Crippen LogP contribution in [0.1, 0.15) is 38.7 Å². The minimum atomic E-state index is 0.333. The minimum absolute atomic E-state index is 0.333. The van der Waals surface area contributed by atoms with Gasteiger partial charge in [-0.3, -0.25) is 0 Å². The zero-order valence-electron chi connectivity index (χ0n) is 10.8. The topological polar surface area (TPSA) is 12.0 Å². The number of benzene rings is 1. The molecule has 0 bridgehead atoms. The van der Waals surface area contributed by atoms with E-state index in [0.29, 0.717) is 5.41 Å². The highest BCUT2D eigenvalue weighted by molar-refractivity contribution is 6.30. The smallest absolute Gasteiger partial charge is 0.0408 e. The molecule has 1 aliphatic heterocycles. The van der Waals surface area contributed by atoms with Gasteiger partial charge in [0.05, 0.1) is 0 Å². The van der Waals surface area contributed by atoms with E-state index in [2.05, 4.69) is 37.4 Å². The molecule has 1 unspecified atom stereocenters. The van der Waals surface area contributed by atoms with Crippen molar-refractivity contribution in [3.8, 4) is 0 Å². The molecule has 17 heavy (non-hydrogen) atoms. The van der Waals surface area contributed by atoms with E-state index in [1.807, 2.05) is 6.07 Å². The van der Waals surface area contributed by atoms with Crippen LogP contribution in [-0.4, -0.2) is 13.1 Å². The van der Waals surface area contributed by atoms with Crippen LogP contribution in [0.2, 0.25) is 5.02 Å². The van der Waals surface area contributed by atoms with Gasteiger partial charge in [0.1, 0.15) is 0 Å². The van der Waals surface area contributed by atoms with Gasteiger partial charge in [0.2, 0.25) is 0 Å². The molecule has 0 amide bonds. The van der Waals surface area contributed by atoms with Crippen LogP contribution in [0.25, 0.3) is 0 Å². The van der Waals surface area contributed by atoms with E-state index in [9.17, 15) is 0 Å². The highest BCUT2D eigenvalue weighted by atomic mass is 35.5. The molecule has 0 aliphatic carbocycles. The lowest BCUT2D eigenvalue weighted by Gasteiger charge is -2.45. The average molecular weight is 252 g/mol. The zero-order valence-corrected chi connectivity index (χ0v) is 11.6. The van der Waals surface area contributed by atoms with Crippen LogP contribution in [0.3, 0.4) is 0 Å². The molecule has 2 rings (SSSR count). The lowest BCUT2D eigenvalue weighted by Crippen LogP contribution is -2.57. The Morgan fingerprint density at radius 2 is 2.18 bits per heavy atom. The van der Waals surface area contributed by atoms with Crippen molar-refractivity contribution in [1.82, 2.24) is 5.32 Å². The van der Waals surface area contributed by atoms with Gasteiger partial charge in [-0.15, -0.1) is 0 Å². The first-order valence-corrected chi connectivity index (χ1v) is 7.01. The van der Waals surface area contributed by atoms with Gasteiger partial charge >= 0.3 is 0 Å². The summed E-state index contributed by atoms with van der Waals surface area (Å²) in [6.07, 6.45) is 3.87. The SMILES string of the molecule is CCCC(C)CC1(c2cccc(Cl)c2)CNC1. The van der Waals surface area contributed by atoms with Crippen LogP contribution < -0.4 is 5.32 Å². The van der Waals surface area contributed by atoms with E-state index >= 15 is 0 Å². The molecule has 1 saturated heterocycles. The molecular weight excluding hydrogens is 230 g/mol. The molecule has 1 fully saturated rings. The second-order valence-corrected chi connectivity index (χ2v) is 5.93. The molecule has 0 aromatic heterocycles. The summed E-state index contributed by atoms with van der Waals surface area (Å²) in [5.41, 5.74) is 1.74. The molecule has 1 atom stereocenters. The normalized spacial score (nSPS) is 19.7. The van der Waals surface area contributed by atoms with Crippen LogP contribution in [0.4, 0.5) is 0 Å². The van der Waals surface area contributed by atoms with E-state index in [1.165, 1.54) is 24.8 Å². The molecule has 1 nitrogen and oxygen atoms in total. The summed E-state index contributed by atoms with van der Waals surface area (Å²) in [7, 11) is 0. The third-order valence-corrected chi connectivity index (χ3v) is 4.12. The van der Waals surface area contributed by atoms with Gasteiger partial charge in [-0.05, 0) is 30.0 Å². The van der Waals surface area contributed by atoms with Gasteiger partial charge < -0.3 is 5.32 Å². The summed E-state index contributed by atoms with van der Waals surface area (Å²) in [4.78, 5) is 0. The van der Waals surface area contributed by atoms with Crippen LogP contribution in [-0.2, 0) is 5.41 Å². The molecule has 0 spiro atoms. The first-order chi connectivity index (χ1) is 8.16. The summed E-state index contributed by atoms with van der Waals surface area (Å²) < 4.78 is 0. The molecule has 1 N–H and O–H groups in total. The summed E-state index contributed by atoms with van der Waals surface area (Å²) in [5.74, 6) is 0.793. The van der Waals surface area contributed by atoms with Crippen molar-refractivity contribution >= 4 is 11.6 Å². The highest BCUT2D eigenvalue weighted by Crippen LogP contribution is 2.37. The fourth-order valence-electron chi connectivity index (χ4n) is 2.97. The Hall–Kier alpha value is -0.530. The maximum absolute atomic E-state index is 6.11. The van der Waals surface area contributed by atoms with E-state index < -0.39 is 0 Å². The minimum Gasteiger partial charge on any atom is -0.315 e. The van der Waals surface area contributed by atoms with E-state index in [-0.39, 0.29) is 0 Å². The third kappa shape index (κ3) is 2.83. The highest BCUT2D eigenvalue weighted by Gasteiger charge is 2.39. The maximum Gasteiger partial charge on any atom is 0.0408 e. The summed E-state index contributed by atoms with van der Waals surface area (Å²) in [6.45, 7) is 6.83. The van der Waals surface area contributed by atoms with Gasteiger partial charge in [0, 0.05) is 23.5 Å². The second-order valence-electron chi connectivity index (χ2n) is 5.49. The summed E-state index contributed by atoms with van der Waals surface area (Å²) in [6, 6.07) is 8.40. The van der Waals surface area contributed by atoms with Crippen LogP contribution in [0, 0.1) is 5.92 Å². The molecule has 0 saturated carbocycles. The standard InChI is InChI=1S/C15H22ClN/c1-3-5-12(2)9-15(10-17-11-15)13-6-4-7-14(16)8-13/h4,6-8,12,17H,3,5,9-11H2,1-2H3. The number of hydrogen-bond donors (Lipinski definition) is 1. The van der Waals surface area contributed by atoms with Gasteiger partial charge in [0.15, 0.2) is 0 Å². The van der Waals surface area contributed by atoms with E-state index in [0.717, 1.165) is 24.0 Å². The largest absolute Gasteiger partial charge is 0.315 e. The second kappa shape index (κ2) is 5.41. The Morgan fingerprint density at radius 3 is 2.71 bits per heavy atom. The van der Waals surface area contributed by atoms with E-state index in [1.54, 1.807) is 0 Å². The van der Waals surface area contributed by atoms with Crippen molar-refractivity contribution in [2.45, 2.75) is 38.5 Å². The molecule has 94 valence electrons. The molecule has 1 heterocycles. The van der Waals surface area contributed by atoms with Crippen LogP contribution in [0.5, 0.6) is 0 Å². The summed E-state index contributed by atoms with van der Waals surface area (Å²) >= 11 is 6.11. The van der Waals surface area contributed by atoms with Crippen molar-refractivity contribution in [2.75, 3.05) is 13.1 Å². The molecule has 1 aromatic carbocycles. The predicted octanol–water partition coefficient (Wildman–Crippen LogP) is 4.01. The number of halogens is 1. The van der Waals surface area contributed by atoms with Crippen molar-refractivity contribution in [3.63, 3.8) is 0 Å². The number of rotatable bonds is 5. The van der Waals surface area contributed by atoms with E-state index in [4.69, 9.17) is 11.6 Å². The van der Waals surface area contributed by atoms with Crippen LogP contribution >= 0.6 is 11.6 Å². The molecule has 2 heteroatoms. The third-order valence-electron chi connectivity index (χ3n) is 3.88. The zero-order chi connectivity index (χ0) is 12.3. The predicted molar refractivity (Wildman–Crippen MR) is 74.7 cm³/mol.